The number of rotatable bonds is 4. The van der Waals surface area contributed by atoms with Gasteiger partial charge < -0.3 is 16.4 Å². The van der Waals surface area contributed by atoms with Gasteiger partial charge in [0.25, 0.3) is 0 Å². The average Bonchev–Trinajstić information content (AvgIpc) is 3.05. The maximum atomic E-state index is 12.6. The topological polar surface area (TPSA) is 115 Å². The molecule has 0 aromatic carbocycles. The largest absolute Gasteiger partial charge is 0.383 e. The van der Waals surface area contributed by atoms with E-state index < -0.39 is 11.9 Å². The Balaban J connectivity index is 1.50. The van der Waals surface area contributed by atoms with E-state index in [9.17, 15) is 9.59 Å². The van der Waals surface area contributed by atoms with Gasteiger partial charge in [0.15, 0.2) is 5.16 Å². The summed E-state index contributed by atoms with van der Waals surface area (Å²) in [6, 6.07) is -0.496. The van der Waals surface area contributed by atoms with Gasteiger partial charge in [0, 0.05) is 11.4 Å². The van der Waals surface area contributed by atoms with E-state index in [4.69, 9.17) is 11.5 Å². The molecule has 0 bridgehead atoms. The molecule has 7 nitrogen and oxygen atoms in total. The van der Waals surface area contributed by atoms with Crippen LogP contribution in [0.3, 0.4) is 0 Å². The lowest BCUT2D eigenvalue weighted by atomic mass is 9.97. The number of primary amides is 1. The number of aromatic nitrogens is 2. The third-order valence-corrected chi connectivity index (χ3v) is 7.32. The normalized spacial score (nSPS) is 19.9. The molecule has 2 aromatic heterocycles. The molecule has 1 aliphatic heterocycles. The first-order chi connectivity index (χ1) is 13.0. The Kier molecular flexibility index (Phi) is 5.23. The number of fused-ring (bicyclic) bond motifs is 3. The lowest BCUT2D eigenvalue weighted by Crippen LogP contribution is -2.51. The maximum Gasteiger partial charge on any atom is 0.240 e. The summed E-state index contributed by atoms with van der Waals surface area (Å²) in [5, 5.41) is 1.51. The fraction of sp³-hybridized carbons (Fsp3) is 0.556. The number of likely N-dealkylation sites (tertiary alicyclic amines) is 1. The highest BCUT2D eigenvalue weighted by atomic mass is 32.2. The third-order valence-electron chi connectivity index (χ3n) is 5.30. The Hall–Kier alpha value is -1.87. The third kappa shape index (κ3) is 3.62. The number of carbonyl (C=O) groups excluding carboxylic acids is 2. The Morgan fingerprint density at radius 2 is 2.00 bits per heavy atom. The van der Waals surface area contributed by atoms with Crippen molar-refractivity contribution in [1.29, 1.82) is 0 Å². The summed E-state index contributed by atoms with van der Waals surface area (Å²) in [4.78, 5) is 37.2. The Morgan fingerprint density at radius 1 is 1.19 bits per heavy atom. The van der Waals surface area contributed by atoms with Gasteiger partial charge in [0.2, 0.25) is 11.8 Å². The van der Waals surface area contributed by atoms with Crippen molar-refractivity contribution in [2.45, 2.75) is 56.1 Å². The molecular weight excluding hydrogens is 382 g/mol. The first-order valence-corrected chi connectivity index (χ1v) is 11.1. The van der Waals surface area contributed by atoms with Gasteiger partial charge in [-0.2, -0.15) is 0 Å². The summed E-state index contributed by atoms with van der Waals surface area (Å²) in [5.41, 5.74) is 13.0. The summed E-state index contributed by atoms with van der Waals surface area (Å²) in [5.74, 6) is 0.150. The highest BCUT2D eigenvalue weighted by Crippen LogP contribution is 2.38. The number of piperidine rings is 1. The Bertz CT molecular complexity index is 897. The first kappa shape index (κ1) is 18.5. The standard InChI is InChI=1S/C18H23N5O2S2/c19-15-14-10-5-1-2-7-12(10)27-17(14)22-18(21-15)26-9-13(24)23-8-4-3-6-11(23)16(20)25/h11H,1-9H2,(H2,20,25)(H2,19,21,22)/t11-/m1/s1. The summed E-state index contributed by atoms with van der Waals surface area (Å²) in [7, 11) is 0. The Labute approximate surface area is 165 Å². The van der Waals surface area contributed by atoms with Crippen LogP contribution in [-0.4, -0.2) is 45.0 Å². The van der Waals surface area contributed by atoms with E-state index in [1.54, 1.807) is 16.2 Å². The van der Waals surface area contributed by atoms with Crippen LogP contribution < -0.4 is 11.5 Å². The van der Waals surface area contributed by atoms with Crippen LogP contribution in [0.5, 0.6) is 0 Å². The zero-order chi connectivity index (χ0) is 19.0. The minimum absolute atomic E-state index is 0.101. The smallest absolute Gasteiger partial charge is 0.240 e. The van der Waals surface area contributed by atoms with Crippen LogP contribution in [0.1, 0.15) is 42.5 Å². The summed E-state index contributed by atoms with van der Waals surface area (Å²) in [6.45, 7) is 0.576. The maximum absolute atomic E-state index is 12.6. The number of anilines is 1. The van der Waals surface area contributed by atoms with Crippen LogP contribution in [-0.2, 0) is 22.4 Å². The van der Waals surface area contributed by atoms with Crippen molar-refractivity contribution in [1.82, 2.24) is 14.9 Å². The zero-order valence-corrected chi connectivity index (χ0v) is 16.7. The molecular formula is C18H23N5O2S2. The molecule has 144 valence electrons. The molecule has 1 atom stereocenters. The van der Waals surface area contributed by atoms with E-state index in [1.165, 1.54) is 35.0 Å². The SMILES string of the molecule is NC(=O)[C@H]1CCCCN1C(=O)CSc1nc(N)c2c3c(sc2n1)CCCC3. The fourth-order valence-electron chi connectivity index (χ4n) is 3.96. The molecule has 27 heavy (non-hydrogen) atoms. The molecule has 2 aromatic rings. The van der Waals surface area contributed by atoms with Crippen molar-refractivity contribution >= 4 is 50.9 Å². The second-order valence-corrected chi connectivity index (χ2v) is 9.10. The van der Waals surface area contributed by atoms with Crippen LogP contribution >= 0.6 is 23.1 Å². The van der Waals surface area contributed by atoms with Gasteiger partial charge in [-0.1, -0.05) is 11.8 Å². The molecule has 0 saturated carbocycles. The number of hydrogen-bond donors (Lipinski definition) is 2. The molecule has 0 radical (unpaired) electrons. The van der Waals surface area contributed by atoms with Crippen molar-refractivity contribution in [2.24, 2.45) is 5.73 Å². The van der Waals surface area contributed by atoms with E-state index in [2.05, 4.69) is 9.97 Å². The average molecular weight is 406 g/mol. The quantitative estimate of drug-likeness (QED) is 0.595. The number of hydrogen-bond acceptors (Lipinski definition) is 7. The molecule has 2 amide bonds. The number of nitrogen functional groups attached to an aromatic ring is 1. The van der Waals surface area contributed by atoms with Gasteiger partial charge >= 0.3 is 0 Å². The van der Waals surface area contributed by atoms with E-state index >= 15 is 0 Å². The van der Waals surface area contributed by atoms with Crippen LogP contribution in [0.2, 0.25) is 0 Å². The number of thioether (sulfide) groups is 1. The van der Waals surface area contributed by atoms with Crippen molar-refractivity contribution < 1.29 is 9.59 Å². The second kappa shape index (κ2) is 7.63. The number of nitrogens with zero attached hydrogens (tertiary/aromatic N) is 3. The highest BCUT2D eigenvalue weighted by Gasteiger charge is 2.30. The molecule has 0 spiro atoms. The minimum atomic E-state index is -0.496. The van der Waals surface area contributed by atoms with Gasteiger partial charge in [-0.25, -0.2) is 9.97 Å². The molecule has 3 heterocycles. The number of nitrogens with two attached hydrogens (primary N) is 2. The molecule has 2 aliphatic rings. The van der Waals surface area contributed by atoms with Gasteiger partial charge in [-0.15, -0.1) is 11.3 Å². The molecule has 1 fully saturated rings. The molecule has 1 aliphatic carbocycles. The molecule has 4 N–H and O–H groups in total. The van der Waals surface area contributed by atoms with Crippen LogP contribution in [0.4, 0.5) is 5.82 Å². The van der Waals surface area contributed by atoms with Crippen molar-refractivity contribution in [3.8, 4) is 0 Å². The van der Waals surface area contributed by atoms with Crippen LogP contribution in [0.25, 0.3) is 10.2 Å². The van der Waals surface area contributed by atoms with Crippen molar-refractivity contribution in [3.05, 3.63) is 10.4 Å². The molecule has 9 heteroatoms. The van der Waals surface area contributed by atoms with Crippen molar-refractivity contribution in [3.63, 3.8) is 0 Å². The van der Waals surface area contributed by atoms with Gasteiger partial charge in [0.1, 0.15) is 16.7 Å². The van der Waals surface area contributed by atoms with Crippen LogP contribution in [0.15, 0.2) is 5.16 Å². The van der Waals surface area contributed by atoms with E-state index in [0.717, 1.165) is 35.9 Å². The monoisotopic (exact) mass is 405 g/mol. The summed E-state index contributed by atoms with van der Waals surface area (Å²) in [6.07, 6.45) is 6.97. The number of thiophene rings is 1. The highest BCUT2D eigenvalue weighted by molar-refractivity contribution is 7.99. The molecule has 0 unspecified atom stereocenters. The first-order valence-electron chi connectivity index (χ1n) is 9.34. The molecule has 1 saturated heterocycles. The lowest BCUT2D eigenvalue weighted by molar-refractivity contribution is -0.138. The van der Waals surface area contributed by atoms with Crippen LogP contribution in [0, 0.1) is 0 Å². The summed E-state index contributed by atoms with van der Waals surface area (Å²) >= 11 is 2.97. The van der Waals surface area contributed by atoms with Crippen molar-refractivity contribution in [2.75, 3.05) is 18.0 Å². The predicted molar refractivity (Wildman–Crippen MR) is 108 cm³/mol. The molecule has 4 rings (SSSR count). The summed E-state index contributed by atoms with van der Waals surface area (Å²) < 4.78 is 0. The number of carbonyl (C=O) groups is 2. The minimum Gasteiger partial charge on any atom is -0.383 e. The fourth-order valence-corrected chi connectivity index (χ4v) is 6.03. The van der Waals surface area contributed by atoms with E-state index in [0.29, 0.717) is 23.9 Å². The zero-order valence-electron chi connectivity index (χ0n) is 15.1. The Morgan fingerprint density at radius 3 is 2.81 bits per heavy atom. The number of amides is 2. The van der Waals surface area contributed by atoms with Gasteiger partial charge in [-0.05, 0) is 50.5 Å². The second-order valence-electron chi connectivity index (χ2n) is 7.07. The van der Waals surface area contributed by atoms with Gasteiger partial charge in [0.05, 0.1) is 11.1 Å². The van der Waals surface area contributed by atoms with E-state index in [-0.39, 0.29) is 11.7 Å². The lowest BCUT2D eigenvalue weighted by Gasteiger charge is -2.33. The number of aryl methyl sites for hydroxylation is 2. The van der Waals surface area contributed by atoms with Gasteiger partial charge in [-0.3, -0.25) is 9.59 Å². The van der Waals surface area contributed by atoms with E-state index in [1.807, 2.05) is 0 Å². The predicted octanol–water partition coefficient (Wildman–Crippen LogP) is 2.11.